The van der Waals surface area contributed by atoms with Gasteiger partial charge in [0.05, 0.1) is 0 Å². The van der Waals surface area contributed by atoms with E-state index < -0.39 is 0 Å². The molecular formula is C48H44. The van der Waals surface area contributed by atoms with Crippen molar-refractivity contribution in [3.63, 3.8) is 0 Å². The minimum atomic E-state index is 0.182. The largest absolute Gasteiger partial charge is 0.0619 e. The summed E-state index contributed by atoms with van der Waals surface area (Å²) in [5.74, 6) is 4.19. The van der Waals surface area contributed by atoms with E-state index in [9.17, 15) is 0 Å². The van der Waals surface area contributed by atoms with Crippen molar-refractivity contribution in [3.05, 3.63) is 132 Å². The second kappa shape index (κ2) is 10.4. The zero-order chi connectivity index (χ0) is 31.4. The van der Waals surface area contributed by atoms with Crippen molar-refractivity contribution < 1.29 is 0 Å². The molecule has 0 saturated heterocycles. The molecule has 5 saturated carbocycles. The summed E-state index contributed by atoms with van der Waals surface area (Å²) in [6.45, 7) is 0. The third-order valence-corrected chi connectivity index (χ3v) is 14.1. The summed E-state index contributed by atoms with van der Waals surface area (Å²) in [5.41, 5.74) is 13.5. The van der Waals surface area contributed by atoms with Crippen LogP contribution in [0.2, 0.25) is 0 Å². The van der Waals surface area contributed by atoms with Gasteiger partial charge >= 0.3 is 0 Å². The lowest BCUT2D eigenvalue weighted by Gasteiger charge is -2.61. The minimum absolute atomic E-state index is 0.182. The van der Waals surface area contributed by atoms with Gasteiger partial charge in [-0.2, -0.15) is 0 Å². The standard InChI is InChI=1S/C48H44/c1-2-10-32(11-3-1)33-18-20-34(21-19-33)46-40-13-4-6-15-42(40)47(43-16-7-5-14-41(43)46)35-22-23-39-38-12-8-9-17-44(38)48(45(39)29-35)36-25-30-24-31(27-36)28-37(48)26-30/h4-9,12-23,29-32,36-37H,1-3,10-11,24-28H2. The van der Waals surface area contributed by atoms with Crippen molar-refractivity contribution in [1.29, 1.82) is 0 Å². The Hall–Kier alpha value is -4.16. The number of benzene rings is 6. The summed E-state index contributed by atoms with van der Waals surface area (Å²) < 4.78 is 0. The lowest BCUT2D eigenvalue weighted by atomic mass is 9.43. The lowest BCUT2D eigenvalue weighted by Crippen LogP contribution is -2.55. The lowest BCUT2D eigenvalue weighted by molar-refractivity contribution is -0.0399. The van der Waals surface area contributed by atoms with Gasteiger partial charge in [-0.3, -0.25) is 0 Å². The summed E-state index contributed by atoms with van der Waals surface area (Å²) in [6, 6.07) is 45.4. The van der Waals surface area contributed by atoms with Gasteiger partial charge in [-0.05, 0) is 152 Å². The Morgan fingerprint density at radius 1 is 0.438 bits per heavy atom. The molecule has 0 aliphatic heterocycles. The zero-order valence-electron chi connectivity index (χ0n) is 27.9. The molecule has 0 amide bonds. The highest BCUT2D eigenvalue weighted by Gasteiger charge is 2.61. The van der Waals surface area contributed by atoms with Gasteiger partial charge < -0.3 is 0 Å². The van der Waals surface area contributed by atoms with Gasteiger partial charge in [0.2, 0.25) is 0 Å². The quantitative estimate of drug-likeness (QED) is 0.173. The molecule has 0 atom stereocenters. The predicted molar refractivity (Wildman–Crippen MR) is 201 cm³/mol. The molecule has 0 heterocycles. The predicted octanol–water partition coefficient (Wildman–Crippen LogP) is 13.1. The highest BCUT2D eigenvalue weighted by atomic mass is 14.6. The van der Waals surface area contributed by atoms with E-state index in [-0.39, 0.29) is 5.41 Å². The van der Waals surface area contributed by atoms with E-state index >= 15 is 0 Å². The normalized spacial score (nSPS) is 27.2. The van der Waals surface area contributed by atoms with Gasteiger partial charge in [0.1, 0.15) is 0 Å². The van der Waals surface area contributed by atoms with Gasteiger partial charge in [-0.1, -0.05) is 128 Å². The molecule has 4 bridgehead atoms. The van der Waals surface area contributed by atoms with Crippen LogP contribution in [0, 0.1) is 23.7 Å². The fraction of sp³-hybridized carbons (Fsp3) is 0.333. The zero-order valence-corrected chi connectivity index (χ0v) is 27.9. The Kier molecular flexibility index (Phi) is 6.02. The van der Waals surface area contributed by atoms with Gasteiger partial charge in [0.25, 0.3) is 0 Å². The number of rotatable bonds is 3. The number of hydrogen-bond acceptors (Lipinski definition) is 0. The van der Waals surface area contributed by atoms with Crippen molar-refractivity contribution in [2.75, 3.05) is 0 Å². The van der Waals surface area contributed by atoms with Crippen molar-refractivity contribution in [3.8, 4) is 33.4 Å². The molecule has 0 unspecified atom stereocenters. The third-order valence-electron chi connectivity index (χ3n) is 14.1. The first-order chi connectivity index (χ1) is 23.8. The van der Waals surface area contributed by atoms with Crippen LogP contribution in [-0.2, 0) is 5.41 Å². The molecule has 0 nitrogen and oxygen atoms in total. The Balaban J connectivity index is 1.12. The summed E-state index contributed by atoms with van der Waals surface area (Å²) in [7, 11) is 0. The molecule has 6 aliphatic carbocycles. The van der Waals surface area contributed by atoms with Crippen LogP contribution >= 0.6 is 0 Å². The first-order valence-electron chi connectivity index (χ1n) is 19.1. The number of hydrogen-bond donors (Lipinski definition) is 0. The average molecular weight is 621 g/mol. The van der Waals surface area contributed by atoms with Crippen LogP contribution in [0.4, 0.5) is 0 Å². The van der Waals surface area contributed by atoms with Crippen LogP contribution in [0.15, 0.2) is 115 Å². The second-order valence-corrected chi connectivity index (χ2v) is 16.3. The summed E-state index contributed by atoms with van der Waals surface area (Å²) in [5, 5.41) is 5.48. The smallest absolute Gasteiger partial charge is 0.0272 e. The first kappa shape index (κ1) is 27.8. The van der Waals surface area contributed by atoms with Gasteiger partial charge in [-0.25, -0.2) is 0 Å². The molecule has 12 rings (SSSR count). The van der Waals surface area contributed by atoms with Gasteiger partial charge in [0.15, 0.2) is 0 Å². The maximum Gasteiger partial charge on any atom is 0.0272 e. The first-order valence-corrected chi connectivity index (χ1v) is 19.1. The molecule has 236 valence electrons. The van der Waals surface area contributed by atoms with Crippen molar-refractivity contribution in [2.45, 2.75) is 75.5 Å². The summed E-state index contributed by atoms with van der Waals surface area (Å²) >= 11 is 0. The van der Waals surface area contributed by atoms with Crippen molar-refractivity contribution in [1.82, 2.24) is 0 Å². The van der Waals surface area contributed by atoms with Crippen molar-refractivity contribution >= 4 is 21.5 Å². The van der Waals surface area contributed by atoms with Crippen molar-refractivity contribution in [2.24, 2.45) is 23.7 Å². The van der Waals surface area contributed by atoms with Gasteiger partial charge in [-0.15, -0.1) is 0 Å². The molecule has 1 spiro atoms. The van der Waals surface area contributed by atoms with E-state index in [1.54, 1.807) is 11.1 Å². The van der Waals surface area contributed by atoms with E-state index in [0.717, 1.165) is 29.6 Å². The second-order valence-electron chi connectivity index (χ2n) is 16.3. The average Bonchev–Trinajstić information content (AvgIpc) is 3.43. The van der Waals surface area contributed by atoms with Crippen LogP contribution in [0.25, 0.3) is 54.9 Å². The van der Waals surface area contributed by atoms with Crippen LogP contribution in [0.3, 0.4) is 0 Å². The Labute approximate surface area is 285 Å². The van der Waals surface area contributed by atoms with Crippen LogP contribution in [0.5, 0.6) is 0 Å². The molecule has 0 heteroatoms. The third kappa shape index (κ3) is 3.78. The molecule has 0 N–H and O–H groups in total. The van der Waals surface area contributed by atoms with E-state index in [4.69, 9.17) is 0 Å². The monoisotopic (exact) mass is 620 g/mol. The Morgan fingerprint density at radius 2 is 0.958 bits per heavy atom. The van der Waals surface area contributed by atoms with E-state index in [0.29, 0.717) is 0 Å². The van der Waals surface area contributed by atoms with Crippen LogP contribution in [0.1, 0.15) is 86.8 Å². The number of fused-ring (bicyclic) bond motifs is 5. The SMILES string of the molecule is c1ccc2c(c1)-c1ccc(-c3c4ccccc4c(-c4ccc(C5CCCCC5)cc4)c4ccccc34)cc1C21C2CC3CC(C2)CC1C3. The maximum absolute atomic E-state index is 2.68. The maximum atomic E-state index is 2.68. The highest BCUT2D eigenvalue weighted by molar-refractivity contribution is 6.21. The molecule has 0 aromatic heterocycles. The molecular weight excluding hydrogens is 577 g/mol. The van der Waals surface area contributed by atoms with Crippen LogP contribution in [-0.4, -0.2) is 0 Å². The Morgan fingerprint density at radius 3 is 1.58 bits per heavy atom. The molecule has 6 aromatic carbocycles. The molecule has 0 radical (unpaired) electrons. The molecule has 5 fully saturated rings. The highest BCUT2D eigenvalue weighted by Crippen LogP contribution is 2.69. The van der Waals surface area contributed by atoms with E-state index in [1.807, 2.05) is 0 Å². The van der Waals surface area contributed by atoms with Gasteiger partial charge in [0, 0.05) is 5.41 Å². The van der Waals surface area contributed by atoms with E-state index in [2.05, 4.69) is 115 Å². The van der Waals surface area contributed by atoms with E-state index in [1.165, 1.54) is 125 Å². The molecule has 6 aliphatic rings. The Bertz CT molecular complexity index is 2140. The fourth-order valence-electron chi connectivity index (χ4n) is 12.4. The summed E-state index contributed by atoms with van der Waals surface area (Å²) in [6.07, 6.45) is 14.0. The van der Waals surface area contributed by atoms with Crippen LogP contribution < -0.4 is 0 Å². The molecule has 48 heavy (non-hydrogen) atoms. The minimum Gasteiger partial charge on any atom is -0.0619 e. The fourth-order valence-corrected chi connectivity index (χ4v) is 12.4. The topological polar surface area (TPSA) is 0 Å². The summed E-state index contributed by atoms with van der Waals surface area (Å²) in [4.78, 5) is 0. The molecule has 6 aromatic rings.